The predicted molar refractivity (Wildman–Crippen MR) is 173 cm³/mol. The number of nitrogens with zero attached hydrogens (tertiary/aromatic N) is 1. The van der Waals surface area contributed by atoms with E-state index >= 15 is 0 Å². The highest BCUT2D eigenvalue weighted by Crippen LogP contribution is 2.46. The molecule has 0 radical (unpaired) electrons. The molecule has 0 bridgehead atoms. The molecule has 8 rings (SSSR count). The maximum Gasteiger partial charge on any atom is 0.494 e. The summed E-state index contributed by atoms with van der Waals surface area (Å²) >= 11 is 0. The van der Waals surface area contributed by atoms with Gasteiger partial charge in [-0.05, 0) is 56.9 Å². The van der Waals surface area contributed by atoms with Crippen molar-refractivity contribution in [3.05, 3.63) is 109 Å². The fourth-order valence-corrected chi connectivity index (χ4v) is 6.24. The number of pyridine rings is 1. The molecule has 1 aliphatic heterocycles. The summed E-state index contributed by atoms with van der Waals surface area (Å²) in [5, 5.41) is 5.56. The molecule has 7 aromatic rings. The molecule has 0 aliphatic carbocycles. The second-order valence-electron chi connectivity index (χ2n) is 12.2. The van der Waals surface area contributed by atoms with Crippen LogP contribution in [0.3, 0.4) is 0 Å². The van der Waals surface area contributed by atoms with Crippen LogP contribution in [-0.2, 0) is 9.31 Å². The molecular formula is C37H30BNO3. The van der Waals surface area contributed by atoms with Crippen LogP contribution in [0.25, 0.3) is 66.0 Å². The van der Waals surface area contributed by atoms with E-state index in [2.05, 4.69) is 125 Å². The van der Waals surface area contributed by atoms with Crippen molar-refractivity contribution >= 4 is 56.2 Å². The van der Waals surface area contributed by atoms with Crippen molar-refractivity contribution in [2.75, 3.05) is 0 Å². The molecule has 0 saturated carbocycles. The number of hydrogen-bond donors (Lipinski definition) is 0. The fourth-order valence-electron chi connectivity index (χ4n) is 6.24. The molecule has 42 heavy (non-hydrogen) atoms. The number of fused-ring (bicyclic) bond motifs is 6. The number of para-hydroxylation sites is 2. The average Bonchev–Trinajstić information content (AvgIpc) is 3.48. The van der Waals surface area contributed by atoms with Crippen LogP contribution in [0.4, 0.5) is 0 Å². The van der Waals surface area contributed by atoms with E-state index in [0.717, 1.165) is 66.1 Å². The lowest BCUT2D eigenvalue weighted by Gasteiger charge is -2.32. The summed E-state index contributed by atoms with van der Waals surface area (Å²) in [6.07, 6.45) is 0. The van der Waals surface area contributed by atoms with Crippen molar-refractivity contribution < 1.29 is 13.7 Å². The second kappa shape index (κ2) is 9.03. The highest BCUT2D eigenvalue weighted by molar-refractivity contribution is 6.62. The number of rotatable bonds is 3. The van der Waals surface area contributed by atoms with Crippen LogP contribution in [0.2, 0.25) is 0 Å². The molecule has 0 N–H and O–H groups in total. The van der Waals surface area contributed by atoms with E-state index < -0.39 is 18.3 Å². The van der Waals surface area contributed by atoms with Gasteiger partial charge in [-0.15, -0.1) is 0 Å². The molecule has 1 fully saturated rings. The van der Waals surface area contributed by atoms with Gasteiger partial charge in [-0.3, -0.25) is 0 Å². The molecule has 0 atom stereocenters. The van der Waals surface area contributed by atoms with Crippen molar-refractivity contribution in [2.45, 2.75) is 38.9 Å². The number of hydrogen-bond acceptors (Lipinski definition) is 4. The maximum atomic E-state index is 6.51. The third-order valence-corrected chi connectivity index (χ3v) is 9.08. The minimum Gasteiger partial charge on any atom is -0.456 e. The normalized spacial score (nSPS) is 16.2. The first-order valence-electron chi connectivity index (χ1n) is 14.5. The van der Waals surface area contributed by atoms with Crippen LogP contribution in [0.5, 0.6) is 0 Å². The smallest absolute Gasteiger partial charge is 0.456 e. The van der Waals surface area contributed by atoms with Gasteiger partial charge in [0.05, 0.1) is 22.4 Å². The summed E-state index contributed by atoms with van der Waals surface area (Å²) in [6, 6.07) is 37.9. The molecule has 0 amide bonds. The minimum atomic E-state index is -0.455. The maximum absolute atomic E-state index is 6.51. The van der Waals surface area contributed by atoms with E-state index in [1.165, 1.54) is 5.39 Å². The molecule has 1 aliphatic rings. The molecule has 1 saturated heterocycles. The van der Waals surface area contributed by atoms with Crippen LogP contribution in [-0.4, -0.2) is 23.3 Å². The summed E-state index contributed by atoms with van der Waals surface area (Å²) in [5.41, 5.74) is 7.03. The van der Waals surface area contributed by atoms with Crippen LogP contribution in [0.15, 0.2) is 114 Å². The highest BCUT2D eigenvalue weighted by atomic mass is 16.7. The van der Waals surface area contributed by atoms with E-state index in [1.807, 2.05) is 12.1 Å². The van der Waals surface area contributed by atoms with Crippen molar-refractivity contribution in [1.29, 1.82) is 0 Å². The Bertz CT molecular complexity index is 2150. The Morgan fingerprint density at radius 2 is 1.24 bits per heavy atom. The van der Waals surface area contributed by atoms with E-state index in [9.17, 15) is 0 Å². The van der Waals surface area contributed by atoms with E-state index in [4.69, 9.17) is 18.7 Å². The summed E-state index contributed by atoms with van der Waals surface area (Å²) in [6.45, 7) is 8.33. The van der Waals surface area contributed by atoms with E-state index in [-0.39, 0.29) is 0 Å². The molecule has 2 aromatic heterocycles. The Morgan fingerprint density at radius 3 is 2.02 bits per heavy atom. The largest absolute Gasteiger partial charge is 0.494 e. The zero-order valence-electron chi connectivity index (χ0n) is 24.1. The Hall–Kier alpha value is -4.45. The third kappa shape index (κ3) is 3.74. The van der Waals surface area contributed by atoms with Crippen molar-refractivity contribution in [3.8, 4) is 22.4 Å². The molecule has 3 heterocycles. The van der Waals surface area contributed by atoms with Gasteiger partial charge in [0.2, 0.25) is 0 Å². The minimum absolute atomic E-state index is 0.418. The Morgan fingerprint density at radius 1 is 0.571 bits per heavy atom. The molecule has 204 valence electrons. The topological polar surface area (TPSA) is 44.5 Å². The summed E-state index contributed by atoms with van der Waals surface area (Å²) in [4.78, 5) is 5.27. The SMILES string of the molecule is CC1(C)OB(c2cccc(-c3nc4ccccc4c4c(-c5ccccc5)c5c(cc34)oc3ccccc35)c2)OC1(C)C. The van der Waals surface area contributed by atoms with E-state index in [1.54, 1.807) is 0 Å². The zero-order valence-corrected chi connectivity index (χ0v) is 24.1. The van der Waals surface area contributed by atoms with Crippen molar-refractivity contribution in [3.63, 3.8) is 0 Å². The first-order valence-corrected chi connectivity index (χ1v) is 14.5. The van der Waals surface area contributed by atoms with Gasteiger partial charge in [-0.25, -0.2) is 4.98 Å². The molecule has 4 nitrogen and oxygen atoms in total. The number of benzene rings is 5. The molecule has 5 aromatic carbocycles. The molecule has 0 unspecified atom stereocenters. The standard InChI is InChI=1S/C37H30BNO3/c1-36(2)37(3,4)42-38(41-36)25-16-12-15-24(21-25)35-28-22-31-34(27-18-9-11-20-30(27)40-31)32(23-13-6-5-7-14-23)33(28)26-17-8-10-19-29(26)39-35/h5-22H,1-4H3. The number of aromatic nitrogens is 1. The van der Waals surface area contributed by atoms with Gasteiger partial charge in [-0.2, -0.15) is 0 Å². The third-order valence-electron chi connectivity index (χ3n) is 9.08. The van der Waals surface area contributed by atoms with Crippen LogP contribution in [0, 0.1) is 0 Å². The first kappa shape index (κ1) is 25.3. The predicted octanol–water partition coefficient (Wildman–Crippen LogP) is 8.92. The van der Waals surface area contributed by atoms with Crippen molar-refractivity contribution in [1.82, 2.24) is 4.98 Å². The lowest BCUT2D eigenvalue weighted by atomic mass is 9.78. The lowest BCUT2D eigenvalue weighted by molar-refractivity contribution is 0.00578. The summed E-state index contributed by atoms with van der Waals surface area (Å²) in [7, 11) is -0.455. The Kier molecular flexibility index (Phi) is 5.43. The van der Waals surface area contributed by atoms with Crippen LogP contribution < -0.4 is 5.46 Å². The fraction of sp³-hybridized carbons (Fsp3) is 0.162. The van der Waals surface area contributed by atoms with Gasteiger partial charge in [0, 0.05) is 38.1 Å². The van der Waals surface area contributed by atoms with Gasteiger partial charge < -0.3 is 13.7 Å². The van der Waals surface area contributed by atoms with Gasteiger partial charge in [0.25, 0.3) is 0 Å². The summed E-state index contributed by atoms with van der Waals surface area (Å²) < 4.78 is 19.3. The van der Waals surface area contributed by atoms with E-state index in [0.29, 0.717) is 0 Å². The first-order chi connectivity index (χ1) is 20.3. The molecule has 0 spiro atoms. The number of furan rings is 1. The van der Waals surface area contributed by atoms with Gasteiger partial charge >= 0.3 is 7.12 Å². The van der Waals surface area contributed by atoms with Gasteiger partial charge in [0.1, 0.15) is 11.2 Å². The van der Waals surface area contributed by atoms with Crippen LogP contribution in [0.1, 0.15) is 27.7 Å². The molecular weight excluding hydrogens is 517 g/mol. The Labute approximate surface area is 245 Å². The second-order valence-corrected chi connectivity index (χ2v) is 12.2. The molecule has 5 heteroatoms. The lowest BCUT2D eigenvalue weighted by Crippen LogP contribution is -2.41. The average molecular weight is 547 g/mol. The monoisotopic (exact) mass is 547 g/mol. The van der Waals surface area contributed by atoms with Crippen LogP contribution >= 0.6 is 0 Å². The highest BCUT2D eigenvalue weighted by Gasteiger charge is 2.51. The Balaban J connectivity index is 1.47. The van der Waals surface area contributed by atoms with Crippen molar-refractivity contribution in [2.24, 2.45) is 0 Å². The zero-order chi connectivity index (χ0) is 28.6. The van der Waals surface area contributed by atoms with Gasteiger partial charge in [-0.1, -0.05) is 91.0 Å². The summed E-state index contributed by atoms with van der Waals surface area (Å²) in [5.74, 6) is 0. The quantitative estimate of drug-likeness (QED) is 0.164. The van der Waals surface area contributed by atoms with Gasteiger partial charge in [0.15, 0.2) is 0 Å².